The number of aromatic nitrogens is 2. The first-order chi connectivity index (χ1) is 8.93. The van der Waals surface area contributed by atoms with Crippen molar-refractivity contribution < 1.29 is 13.2 Å². The Balaban J connectivity index is 2.36. The van der Waals surface area contributed by atoms with Crippen LogP contribution in [0.1, 0.15) is 12.2 Å². The third-order valence-corrected chi connectivity index (χ3v) is 3.33. The van der Waals surface area contributed by atoms with Gasteiger partial charge < -0.3 is 10.6 Å². The molecule has 0 fully saturated rings. The molecule has 0 bridgehead atoms. The smallest absolute Gasteiger partial charge is 0.366 e. The summed E-state index contributed by atoms with van der Waals surface area (Å²) in [5.41, 5.74) is 0. The lowest BCUT2D eigenvalue weighted by molar-refractivity contribution is -0.145. The van der Waals surface area contributed by atoms with Crippen molar-refractivity contribution in [1.29, 1.82) is 0 Å². The summed E-state index contributed by atoms with van der Waals surface area (Å²) in [6.45, 7) is 0.657. The Kier molecular flexibility index (Phi) is 6.29. The van der Waals surface area contributed by atoms with Gasteiger partial charge in [-0.05, 0) is 24.7 Å². The van der Waals surface area contributed by atoms with Crippen molar-refractivity contribution in [3.8, 4) is 0 Å². The lowest BCUT2D eigenvalue weighted by atomic mass is 10.5. The second-order valence-corrected chi connectivity index (χ2v) is 4.95. The van der Waals surface area contributed by atoms with E-state index in [2.05, 4.69) is 20.6 Å². The molecule has 0 saturated heterocycles. The summed E-state index contributed by atoms with van der Waals surface area (Å²) in [5.74, 6) is -0.458. The van der Waals surface area contributed by atoms with Gasteiger partial charge in [0.25, 0.3) is 0 Å². The summed E-state index contributed by atoms with van der Waals surface area (Å²) < 4.78 is 37.1. The molecule has 2 N–H and O–H groups in total. The normalized spacial score (nSPS) is 11.2. The molecule has 0 amide bonds. The molecule has 0 radical (unpaired) electrons. The molecule has 19 heavy (non-hydrogen) atoms. The van der Waals surface area contributed by atoms with Crippen LogP contribution in [0.15, 0.2) is 17.3 Å². The lowest BCUT2D eigenvalue weighted by Gasteiger charge is -2.07. The van der Waals surface area contributed by atoms with Crippen LogP contribution in [0.2, 0.25) is 0 Å². The fourth-order valence-electron chi connectivity index (χ4n) is 1.10. The minimum Gasteiger partial charge on any atom is -0.366 e. The van der Waals surface area contributed by atoms with E-state index in [1.54, 1.807) is 7.05 Å². The first-order valence-electron chi connectivity index (χ1n) is 5.42. The molecule has 9 heteroatoms. The number of alkyl halides is 3. The number of thiocarbonyl (C=S) groups is 1. The lowest BCUT2D eigenvalue weighted by Crippen LogP contribution is -2.33. The molecule has 1 aromatic heterocycles. The highest BCUT2D eigenvalue weighted by molar-refractivity contribution is 7.99. The summed E-state index contributed by atoms with van der Waals surface area (Å²) in [4.78, 5) is 6.66. The van der Waals surface area contributed by atoms with Crippen LogP contribution in [0.5, 0.6) is 0 Å². The molecule has 0 atom stereocenters. The minimum atomic E-state index is -4.50. The Bertz CT molecular complexity index is 425. The number of nitrogens with zero attached hydrogens (tertiary/aromatic N) is 2. The molecule has 1 heterocycles. The van der Waals surface area contributed by atoms with Crippen molar-refractivity contribution in [2.75, 3.05) is 19.3 Å². The Hall–Kier alpha value is -1.09. The highest BCUT2D eigenvalue weighted by Crippen LogP contribution is 2.27. The Morgan fingerprint density at radius 3 is 2.84 bits per heavy atom. The van der Waals surface area contributed by atoms with Crippen LogP contribution < -0.4 is 10.6 Å². The van der Waals surface area contributed by atoms with Crippen LogP contribution in [-0.4, -0.2) is 34.4 Å². The van der Waals surface area contributed by atoms with Gasteiger partial charge in [-0.1, -0.05) is 0 Å². The zero-order valence-electron chi connectivity index (χ0n) is 10.1. The molecule has 4 nitrogen and oxygen atoms in total. The summed E-state index contributed by atoms with van der Waals surface area (Å²) in [6, 6.07) is 1.46. The zero-order chi connectivity index (χ0) is 14.3. The van der Waals surface area contributed by atoms with Crippen molar-refractivity contribution in [3.63, 3.8) is 0 Å². The van der Waals surface area contributed by atoms with E-state index >= 15 is 0 Å². The van der Waals surface area contributed by atoms with E-state index < -0.39 is 12.0 Å². The predicted octanol–water partition coefficient (Wildman–Crippen LogP) is 2.07. The largest absolute Gasteiger partial charge is 0.451 e. The number of thioether (sulfide) groups is 1. The van der Waals surface area contributed by atoms with Gasteiger partial charge in [0.2, 0.25) is 5.82 Å². The van der Waals surface area contributed by atoms with Crippen molar-refractivity contribution in [3.05, 3.63) is 18.1 Å². The topological polar surface area (TPSA) is 49.8 Å². The maximum absolute atomic E-state index is 12.4. The van der Waals surface area contributed by atoms with Gasteiger partial charge in [-0.3, -0.25) is 0 Å². The van der Waals surface area contributed by atoms with Crippen molar-refractivity contribution in [2.24, 2.45) is 0 Å². The van der Waals surface area contributed by atoms with Gasteiger partial charge in [0.1, 0.15) is 5.03 Å². The van der Waals surface area contributed by atoms with Crippen LogP contribution in [0.4, 0.5) is 13.2 Å². The Labute approximate surface area is 118 Å². The van der Waals surface area contributed by atoms with E-state index in [4.69, 9.17) is 12.2 Å². The maximum Gasteiger partial charge on any atom is 0.451 e. The van der Waals surface area contributed by atoms with Gasteiger partial charge in [-0.15, -0.1) is 11.8 Å². The number of hydrogen-bond donors (Lipinski definition) is 2. The van der Waals surface area contributed by atoms with E-state index in [0.29, 0.717) is 22.4 Å². The van der Waals surface area contributed by atoms with Crippen LogP contribution >= 0.6 is 24.0 Å². The van der Waals surface area contributed by atoms with Crippen molar-refractivity contribution in [1.82, 2.24) is 20.6 Å². The van der Waals surface area contributed by atoms with E-state index in [0.717, 1.165) is 12.6 Å². The molecule has 0 spiro atoms. The summed E-state index contributed by atoms with van der Waals surface area (Å²) in [5, 5.41) is 6.58. The standard InChI is InChI=1S/C10H13F3N4S2/c1-14-9(18)16-4-2-6-19-7-3-5-15-8(17-7)10(11,12)13/h3,5H,2,4,6H2,1H3,(H2,14,16,18). The fraction of sp³-hybridized carbons (Fsp3) is 0.500. The Morgan fingerprint density at radius 2 is 2.21 bits per heavy atom. The molecular weight excluding hydrogens is 297 g/mol. The van der Waals surface area contributed by atoms with Gasteiger partial charge in [-0.25, -0.2) is 9.97 Å². The van der Waals surface area contributed by atoms with E-state index in [-0.39, 0.29) is 0 Å². The number of halogens is 3. The molecule has 0 aliphatic rings. The molecule has 106 valence electrons. The van der Waals surface area contributed by atoms with Gasteiger partial charge in [0.05, 0.1) is 0 Å². The second kappa shape index (κ2) is 7.49. The van der Waals surface area contributed by atoms with Gasteiger partial charge in [0, 0.05) is 25.5 Å². The van der Waals surface area contributed by atoms with Crippen LogP contribution in [0.25, 0.3) is 0 Å². The molecule has 1 rings (SSSR count). The average molecular weight is 310 g/mol. The van der Waals surface area contributed by atoms with Crippen LogP contribution in [-0.2, 0) is 6.18 Å². The highest BCUT2D eigenvalue weighted by atomic mass is 32.2. The molecule has 0 aliphatic carbocycles. The second-order valence-electron chi connectivity index (χ2n) is 3.42. The molecule has 0 saturated carbocycles. The van der Waals surface area contributed by atoms with E-state index in [1.807, 2.05) is 0 Å². The first-order valence-corrected chi connectivity index (χ1v) is 6.81. The average Bonchev–Trinajstić information content (AvgIpc) is 2.37. The molecule has 0 unspecified atom stereocenters. The van der Waals surface area contributed by atoms with Crippen LogP contribution in [0.3, 0.4) is 0 Å². The van der Waals surface area contributed by atoms with Crippen molar-refractivity contribution in [2.45, 2.75) is 17.6 Å². The summed E-state index contributed by atoms with van der Waals surface area (Å²) in [6.07, 6.45) is -2.62. The summed E-state index contributed by atoms with van der Waals surface area (Å²) in [7, 11) is 1.71. The SMILES string of the molecule is CNC(=S)NCCCSc1ccnc(C(F)(F)F)n1. The highest BCUT2D eigenvalue weighted by Gasteiger charge is 2.34. The van der Waals surface area contributed by atoms with Crippen molar-refractivity contribution >= 4 is 29.1 Å². The quantitative estimate of drug-likeness (QED) is 0.376. The molecular formula is C10H13F3N4S2. The minimum absolute atomic E-state index is 0.318. The summed E-state index contributed by atoms with van der Waals surface area (Å²) >= 11 is 6.14. The third kappa shape index (κ3) is 6.06. The third-order valence-electron chi connectivity index (χ3n) is 1.97. The van der Waals surface area contributed by atoms with E-state index in [1.165, 1.54) is 17.8 Å². The molecule has 0 aliphatic heterocycles. The first kappa shape index (κ1) is 16.0. The number of rotatable bonds is 5. The zero-order valence-corrected chi connectivity index (χ0v) is 11.8. The van der Waals surface area contributed by atoms with Crippen LogP contribution in [0, 0.1) is 0 Å². The van der Waals surface area contributed by atoms with E-state index in [9.17, 15) is 13.2 Å². The number of nitrogens with one attached hydrogen (secondary N) is 2. The van der Waals surface area contributed by atoms with Gasteiger partial charge in [-0.2, -0.15) is 13.2 Å². The molecule has 0 aromatic carbocycles. The van der Waals surface area contributed by atoms with Gasteiger partial charge >= 0.3 is 6.18 Å². The maximum atomic E-state index is 12.4. The Morgan fingerprint density at radius 1 is 1.47 bits per heavy atom. The van der Waals surface area contributed by atoms with Gasteiger partial charge in [0.15, 0.2) is 5.11 Å². The predicted molar refractivity (Wildman–Crippen MR) is 72.0 cm³/mol. The number of hydrogen-bond acceptors (Lipinski definition) is 4. The monoisotopic (exact) mass is 310 g/mol. The molecule has 1 aromatic rings. The fourth-order valence-corrected chi connectivity index (χ4v) is 2.01.